The van der Waals surface area contributed by atoms with Crippen LogP contribution >= 0.6 is 23.2 Å². The highest BCUT2D eigenvalue weighted by molar-refractivity contribution is 6.37. The molecule has 3 N–H and O–H groups in total. The summed E-state index contributed by atoms with van der Waals surface area (Å²) in [5.74, 6) is 2.43. The van der Waals surface area contributed by atoms with E-state index in [0.29, 0.717) is 18.3 Å². The number of nitrogens with zero attached hydrogens (tertiary/aromatic N) is 2. The van der Waals surface area contributed by atoms with E-state index in [0.717, 1.165) is 28.3 Å². The number of hydrogen-bond donors (Lipinski definition) is 3. The largest absolute Gasteiger partial charge is 0.508 e. The van der Waals surface area contributed by atoms with Crippen LogP contribution in [0.4, 0.5) is 0 Å². The van der Waals surface area contributed by atoms with Crippen LogP contribution in [0.3, 0.4) is 0 Å². The molecule has 3 atom stereocenters. The molecule has 2 aliphatic rings. The molecule has 172 valence electrons. The molecule has 1 heterocycles. The Bertz CT molecular complexity index is 1300. The van der Waals surface area contributed by atoms with Crippen molar-refractivity contribution in [1.82, 2.24) is 20.1 Å². The van der Waals surface area contributed by atoms with Gasteiger partial charge in [0, 0.05) is 18.2 Å². The molecular formula is C23H22Cl2N4O4. The van der Waals surface area contributed by atoms with Gasteiger partial charge in [0.1, 0.15) is 17.7 Å². The number of H-pyrrole nitrogens is 1. The third-order valence-electron chi connectivity index (χ3n) is 6.50. The summed E-state index contributed by atoms with van der Waals surface area (Å²) in [5, 5.41) is 18.0. The molecule has 2 saturated carbocycles. The van der Waals surface area contributed by atoms with Crippen LogP contribution in [0, 0.1) is 11.8 Å². The Kier molecular flexibility index (Phi) is 5.90. The van der Waals surface area contributed by atoms with Crippen LogP contribution in [0.25, 0.3) is 5.69 Å². The van der Waals surface area contributed by atoms with Gasteiger partial charge in [-0.3, -0.25) is 9.78 Å². The Morgan fingerprint density at radius 3 is 2.61 bits per heavy atom. The average Bonchev–Trinajstić information content (AvgIpc) is 3.40. The van der Waals surface area contributed by atoms with E-state index >= 15 is 0 Å². The Hall–Kier alpha value is -2.81. The van der Waals surface area contributed by atoms with Gasteiger partial charge in [0.15, 0.2) is 5.75 Å². The van der Waals surface area contributed by atoms with Crippen LogP contribution in [0.2, 0.25) is 10.0 Å². The van der Waals surface area contributed by atoms with Crippen LogP contribution in [0.5, 0.6) is 17.2 Å². The number of phenolic OH excluding ortho intramolecular Hbond substituents is 1. The fraction of sp³-hybridized carbons (Fsp3) is 0.348. The van der Waals surface area contributed by atoms with Crippen LogP contribution in [-0.2, 0) is 6.54 Å². The standard InChI is InChI=1S/C23H22Cl2N4O4/c24-17-8-15(29-23(32)28-21(31)11-27-29)9-18(25)22(17)33-16-3-4-20(30)14(7-16)10-26-19-6-12-1-2-13(19)5-12/h3-4,7-9,11-13,19,26,30H,1-2,5-6,10H2,(H,28,31,32). The summed E-state index contributed by atoms with van der Waals surface area (Å²) >= 11 is 12.8. The van der Waals surface area contributed by atoms with Crippen molar-refractivity contribution in [2.75, 3.05) is 0 Å². The van der Waals surface area contributed by atoms with E-state index in [1.54, 1.807) is 18.2 Å². The minimum absolute atomic E-state index is 0.159. The van der Waals surface area contributed by atoms with Crippen LogP contribution in [0.15, 0.2) is 46.1 Å². The summed E-state index contributed by atoms with van der Waals surface area (Å²) in [7, 11) is 0. The second-order valence-corrected chi connectivity index (χ2v) is 9.46. The first-order valence-corrected chi connectivity index (χ1v) is 11.5. The molecule has 0 spiro atoms. The zero-order chi connectivity index (χ0) is 23.1. The summed E-state index contributed by atoms with van der Waals surface area (Å²) in [4.78, 5) is 25.4. The molecule has 10 heteroatoms. The number of aromatic amines is 1. The molecule has 3 unspecified atom stereocenters. The highest BCUT2D eigenvalue weighted by Gasteiger charge is 2.39. The molecule has 5 rings (SSSR count). The summed E-state index contributed by atoms with van der Waals surface area (Å²) in [6.07, 6.45) is 6.11. The maximum Gasteiger partial charge on any atom is 0.349 e. The third-order valence-corrected chi connectivity index (χ3v) is 7.07. The molecule has 8 nitrogen and oxygen atoms in total. The van der Waals surface area contributed by atoms with Gasteiger partial charge in [0.2, 0.25) is 0 Å². The van der Waals surface area contributed by atoms with E-state index in [4.69, 9.17) is 27.9 Å². The van der Waals surface area contributed by atoms with E-state index in [1.807, 2.05) is 0 Å². The lowest BCUT2D eigenvalue weighted by Crippen LogP contribution is -2.33. The molecule has 0 saturated heterocycles. The highest BCUT2D eigenvalue weighted by atomic mass is 35.5. The van der Waals surface area contributed by atoms with Crippen LogP contribution in [-0.4, -0.2) is 25.9 Å². The topological polar surface area (TPSA) is 109 Å². The summed E-state index contributed by atoms with van der Waals surface area (Å²) in [6.45, 7) is 0.540. The van der Waals surface area contributed by atoms with Gasteiger partial charge in [-0.05, 0) is 61.4 Å². The number of aromatic nitrogens is 3. The minimum atomic E-state index is -0.713. The molecule has 2 aliphatic carbocycles. The lowest BCUT2D eigenvalue weighted by Gasteiger charge is -2.23. The van der Waals surface area contributed by atoms with Crippen molar-refractivity contribution in [3.05, 3.63) is 73.0 Å². The average molecular weight is 489 g/mol. The van der Waals surface area contributed by atoms with E-state index in [1.165, 1.54) is 37.8 Å². The van der Waals surface area contributed by atoms with E-state index in [9.17, 15) is 14.7 Å². The van der Waals surface area contributed by atoms with Crippen LogP contribution < -0.4 is 21.3 Å². The van der Waals surface area contributed by atoms with Gasteiger partial charge in [0.05, 0.1) is 15.7 Å². The molecule has 33 heavy (non-hydrogen) atoms. The predicted molar refractivity (Wildman–Crippen MR) is 125 cm³/mol. The van der Waals surface area contributed by atoms with Gasteiger partial charge in [-0.15, -0.1) is 0 Å². The fourth-order valence-corrected chi connectivity index (χ4v) is 5.48. The number of phenols is 1. The number of nitrogens with one attached hydrogen (secondary N) is 2. The first-order valence-electron chi connectivity index (χ1n) is 10.8. The predicted octanol–water partition coefficient (Wildman–Crippen LogP) is 4.00. The molecule has 1 aromatic heterocycles. The number of halogens is 2. The van der Waals surface area contributed by atoms with Crippen molar-refractivity contribution < 1.29 is 9.84 Å². The normalized spacial score (nSPS) is 21.5. The lowest BCUT2D eigenvalue weighted by atomic mass is 9.95. The summed E-state index contributed by atoms with van der Waals surface area (Å²) in [6, 6.07) is 8.39. The van der Waals surface area contributed by atoms with E-state index < -0.39 is 11.2 Å². The van der Waals surface area contributed by atoms with Gasteiger partial charge in [-0.2, -0.15) is 9.78 Å². The molecule has 2 bridgehead atoms. The first kappa shape index (κ1) is 22.0. The van der Waals surface area contributed by atoms with Gasteiger partial charge < -0.3 is 15.2 Å². The van der Waals surface area contributed by atoms with Crippen molar-refractivity contribution in [2.24, 2.45) is 11.8 Å². The monoisotopic (exact) mass is 488 g/mol. The van der Waals surface area contributed by atoms with Crippen molar-refractivity contribution >= 4 is 23.2 Å². The van der Waals surface area contributed by atoms with Crippen molar-refractivity contribution in [3.63, 3.8) is 0 Å². The maximum atomic E-state index is 12.0. The molecular weight excluding hydrogens is 467 g/mol. The summed E-state index contributed by atoms with van der Waals surface area (Å²) in [5.41, 5.74) is -0.316. The molecule has 0 aliphatic heterocycles. The highest BCUT2D eigenvalue weighted by Crippen LogP contribution is 2.44. The van der Waals surface area contributed by atoms with Crippen molar-refractivity contribution in [1.29, 1.82) is 0 Å². The molecule has 2 aromatic carbocycles. The number of ether oxygens (including phenoxy) is 1. The lowest BCUT2D eigenvalue weighted by molar-refractivity contribution is 0.347. The second kappa shape index (κ2) is 8.85. The molecule has 3 aromatic rings. The Morgan fingerprint density at radius 1 is 1.15 bits per heavy atom. The van der Waals surface area contributed by atoms with Gasteiger partial charge in [0.25, 0.3) is 5.56 Å². The fourth-order valence-electron chi connectivity index (χ4n) is 4.92. The van der Waals surface area contributed by atoms with Gasteiger partial charge in [-0.25, -0.2) is 4.79 Å². The number of rotatable bonds is 6. The smallest absolute Gasteiger partial charge is 0.349 e. The number of fused-ring (bicyclic) bond motifs is 2. The Morgan fingerprint density at radius 2 is 1.94 bits per heavy atom. The molecule has 0 amide bonds. The Labute approximate surface area is 199 Å². The molecule has 2 fully saturated rings. The number of benzene rings is 2. The zero-order valence-electron chi connectivity index (χ0n) is 17.6. The second-order valence-electron chi connectivity index (χ2n) is 8.64. The zero-order valence-corrected chi connectivity index (χ0v) is 19.1. The van der Waals surface area contributed by atoms with E-state index in [-0.39, 0.29) is 27.2 Å². The quantitative estimate of drug-likeness (QED) is 0.483. The molecule has 0 radical (unpaired) electrons. The van der Waals surface area contributed by atoms with Gasteiger partial charge in [-0.1, -0.05) is 29.6 Å². The third kappa shape index (κ3) is 4.51. The van der Waals surface area contributed by atoms with Crippen LogP contribution in [0.1, 0.15) is 31.2 Å². The maximum absolute atomic E-state index is 12.0. The summed E-state index contributed by atoms with van der Waals surface area (Å²) < 4.78 is 6.90. The minimum Gasteiger partial charge on any atom is -0.508 e. The van der Waals surface area contributed by atoms with Crippen molar-refractivity contribution in [2.45, 2.75) is 38.3 Å². The van der Waals surface area contributed by atoms with Gasteiger partial charge >= 0.3 is 5.69 Å². The van der Waals surface area contributed by atoms with Crippen molar-refractivity contribution in [3.8, 4) is 22.9 Å². The Balaban J connectivity index is 1.35. The SMILES string of the molecule is O=c1cnn(-c2cc(Cl)c(Oc3ccc(O)c(CNC4CC5CCC4C5)c3)c(Cl)c2)c(=O)[nH]1. The first-order chi connectivity index (χ1) is 15.9. The van der Waals surface area contributed by atoms with E-state index in [2.05, 4.69) is 15.4 Å². The number of aromatic hydroxyl groups is 1. The number of hydrogen-bond acceptors (Lipinski definition) is 6.